The zero-order chi connectivity index (χ0) is 14.0. The highest BCUT2D eigenvalue weighted by atomic mass is 16.7. The van der Waals surface area contributed by atoms with Crippen LogP contribution in [-0.2, 0) is 9.47 Å². The highest BCUT2D eigenvalue weighted by molar-refractivity contribution is 5.96. The Kier molecular flexibility index (Phi) is 3.63. The highest BCUT2D eigenvalue weighted by Crippen LogP contribution is 2.35. The second-order valence-corrected chi connectivity index (χ2v) is 5.37. The molecule has 0 atom stereocenters. The molecule has 20 heavy (non-hydrogen) atoms. The monoisotopic (exact) mass is 277 g/mol. The molecule has 108 valence electrons. The Hall–Kier alpha value is -1.59. The van der Waals surface area contributed by atoms with Crippen LogP contribution in [0, 0.1) is 0 Å². The fraction of sp³-hybridized carbons (Fsp3) is 0.533. The SMILES string of the molecule is O=C(NC1CCC2(CC1)OCCO2)c1ccccc1O. The molecule has 3 rings (SSSR count). The van der Waals surface area contributed by atoms with Crippen molar-refractivity contribution in [2.24, 2.45) is 0 Å². The molecule has 1 saturated heterocycles. The van der Waals surface area contributed by atoms with Gasteiger partial charge in [-0.3, -0.25) is 4.79 Å². The van der Waals surface area contributed by atoms with E-state index in [4.69, 9.17) is 9.47 Å². The number of nitrogens with one attached hydrogen (secondary N) is 1. The lowest BCUT2D eigenvalue weighted by Crippen LogP contribution is -2.44. The van der Waals surface area contributed by atoms with Crippen molar-refractivity contribution in [2.75, 3.05) is 13.2 Å². The minimum atomic E-state index is -0.407. The summed E-state index contributed by atoms with van der Waals surface area (Å²) in [7, 11) is 0. The zero-order valence-electron chi connectivity index (χ0n) is 11.3. The third kappa shape index (κ3) is 2.64. The van der Waals surface area contributed by atoms with Crippen LogP contribution in [0.25, 0.3) is 0 Å². The maximum Gasteiger partial charge on any atom is 0.255 e. The molecule has 0 unspecified atom stereocenters. The minimum Gasteiger partial charge on any atom is -0.507 e. The molecule has 0 aromatic heterocycles. The van der Waals surface area contributed by atoms with Crippen LogP contribution in [0.2, 0.25) is 0 Å². The van der Waals surface area contributed by atoms with Gasteiger partial charge in [0.25, 0.3) is 5.91 Å². The van der Waals surface area contributed by atoms with Gasteiger partial charge in [-0.05, 0) is 25.0 Å². The fourth-order valence-corrected chi connectivity index (χ4v) is 2.92. The molecule has 0 radical (unpaired) electrons. The number of hydrogen-bond acceptors (Lipinski definition) is 4. The second kappa shape index (κ2) is 5.42. The predicted octanol–water partition coefficient (Wildman–Crippen LogP) is 1.81. The summed E-state index contributed by atoms with van der Waals surface area (Å²) in [6.45, 7) is 1.32. The third-order valence-electron chi connectivity index (χ3n) is 4.04. The number of carbonyl (C=O) groups is 1. The summed E-state index contributed by atoms with van der Waals surface area (Å²) in [6, 6.07) is 6.69. The van der Waals surface area contributed by atoms with E-state index in [9.17, 15) is 9.90 Å². The molecule has 1 aromatic carbocycles. The Morgan fingerprint density at radius 2 is 1.85 bits per heavy atom. The molecule has 1 heterocycles. The van der Waals surface area contributed by atoms with Gasteiger partial charge in [-0.25, -0.2) is 0 Å². The van der Waals surface area contributed by atoms with Crippen LogP contribution in [0.1, 0.15) is 36.0 Å². The van der Waals surface area contributed by atoms with Crippen LogP contribution in [0.15, 0.2) is 24.3 Å². The van der Waals surface area contributed by atoms with Gasteiger partial charge in [0.05, 0.1) is 18.8 Å². The van der Waals surface area contributed by atoms with Gasteiger partial charge < -0.3 is 19.9 Å². The van der Waals surface area contributed by atoms with E-state index < -0.39 is 5.79 Å². The Morgan fingerprint density at radius 3 is 2.50 bits per heavy atom. The van der Waals surface area contributed by atoms with Crippen molar-refractivity contribution in [2.45, 2.75) is 37.5 Å². The smallest absolute Gasteiger partial charge is 0.255 e. The second-order valence-electron chi connectivity index (χ2n) is 5.37. The number of aromatic hydroxyl groups is 1. The minimum absolute atomic E-state index is 0.0136. The van der Waals surface area contributed by atoms with E-state index in [1.54, 1.807) is 18.2 Å². The topological polar surface area (TPSA) is 67.8 Å². The third-order valence-corrected chi connectivity index (χ3v) is 4.04. The molecule has 1 saturated carbocycles. The first-order chi connectivity index (χ1) is 9.69. The number of phenols is 1. The van der Waals surface area contributed by atoms with Crippen molar-refractivity contribution in [1.82, 2.24) is 5.32 Å². The summed E-state index contributed by atoms with van der Waals surface area (Å²) < 4.78 is 11.3. The number of phenolic OH excluding ortho intramolecular Hbond substituents is 1. The summed E-state index contributed by atoms with van der Waals surface area (Å²) in [6.07, 6.45) is 3.27. The largest absolute Gasteiger partial charge is 0.507 e. The van der Waals surface area contributed by atoms with Crippen LogP contribution in [0.4, 0.5) is 0 Å². The van der Waals surface area contributed by atoms with Crippen LogP contribution in [0.5, 0.6) is 5.75 Å². The quantitative estimate of drug-likeness (QED) is 0.865. The molecule has 1 aliphatic carbocycles. The fourth-order valence-electron chi connectivity index (χ4n) is 2.92. The van der Waals surface area contributed by atoms with Gasteiger partial charge in [0.1, 0.15) is 5.75 Å². The lowest BCUT2D eigenvalue weighted by Gasteiger charge is -2.35. The van der Waals surface area contributed by atoms with E-state index in [1.165, 1.54) is 6.07 Å². The van der Waals surface area contributed by atoms with E-state index in [0.717, 1.165) is 25.7 Å². The predicted molar refractivity (Wildman–Crippen MR) is 72.5 cm³/mol. The highest BCUT2D eigenvalue weighted by Gasteiger charge is 2.40. The van der Waals surface area contributed by atoms with Gasteiger partial charge in [0, 0.05) is 18.9 Å². The van der Waals surface area contributed by atoms with Crippen LogP contribution >= 0.6 is 0 Å². The van der Waals surface area contributed by atoms with Gasteiger partial charge in [-0.1, -0.05) is 12.1 Å². The molecular formula is C15H19NO4. The van der Waals surface area contributed by atoms with Gasteiger partial charge in [0.2, 0.25) is 0 Å². The zero-order valence-corrected chi connectivity index (χ0v) is 11.3. The average Bonchev–Trinajstić information content (AvgIpc) is 2.90. The summed E-state index contributed by atoms with van der Waals surface area (Å²) >= 11 is 0. The number of para-hydroxylation sites is 1. The van der Waals surface area contributed by atoms with E-state index in [1.807, 2.05) is 0 Å². The Bertz CT molecular complexity index is 486. The molecule has 5 nitrogen and oxygen atoms in total. The number of carbonyl (C=O) groups excluding carboxylic acids is 1. The molecule has 1 aliphatic heterocycles. The Balaban J connectivity index is 1.57. The summed E-state index contributed by atoms with van der Waals surface area (Å²) in [5, 5.41) is 12.6. The van der Waals surface area contributed by atoms with Gasteiger partial charge in [-0.15, -0.1) is 0 Å². The molecular weight excluding hydrogens is 258 g/mol. The van der Waals surface area contributed by atoms with Gasteiger partial charge in [0.15, 0.2) is 5.79 Å². The molecule has 0 bridgehead atoms. The first-order valence-corrected chi connectivity index (χ1v) is 7.05. The van der Waals surface area contributed by atoms with Crippen LogP contribution < -0.4 is 5.32 Å². The van der Waals surface area contributed by atoms with Crippen molar-refractivity contribution in [3.05, 3.63) is 29.8 Å². The number of hydrogen-bond donors (Lipinski definition) is 2. The molecule has 1 aromatic rings. The number of benzene rings is 1. The number of amides is 1. The van der Waals surface area contributed by atoms with Gasteiger partial charge in [-0.2, -0.15) is 0 Å². The standard InChI is InChI=1S/C15H19NO4/c17-13-4-2-1-3-12(13)14(18)16-11-5-7-15(8-6-11)19-9-10-20-15/h1-4,11,17H,5-10H2,(H,16,18). The summed E-state index contributed by atoms with van der Waals surface area (Å²) in [5.41, 5.74) is 0.321. The van der Waals surface area contributed by atoms with Gasteiger partial charge >= 0.3 is 0 Å². The van der Waals surface area contributed by atoms with E-state index in [2.05, 4.69) is 5.32 Å². The average molecular weight is 277 g/mol. The maximum absolute atomic E-state index is 12.1. The molecule has 5 heteroatoms. The maximum atomic E-state index is 12.1. The van der Waals surface area contributed by atoms with Crippen molar-refractivity contribution in [3.63, 3.8) is 0 Å². The van der Waals surface area contributed by atoms with E-state index in [0.29, 0.717) is 18.8 Å². The van der Waals surface area contributed by atoms with Crippen LogP contribution in [-0.4, -0.2) is 36.1 Å². The van der Waals surface area contributed by atoms with Crippen LogP contribution in [0.3, 0.4) is 0 Å². The molecule has 1 spiro atoms. The number of rotatable bonds is 2. The molecule has 1 amide bonds. The van der Waals surface area contributed by atoms with E-state index in [-0.39, 0.29) is 17.7 Å². The molecule has 2 N–H and O–H groups in total. The van der Waals surface area contributed by atoms with Crippen molar-refractivity contribution in [1.29, 1.82) is 0 Å². The first kappa shape index (κ1) is 13.4. The van der Waals surface area contributed by atoms with Crippen molar-refractivity contribution < 1.29 is 19.4 Å². The summed E-state index contributed by atoms with van der Waals surface area (Å²) in [4.78, 5) is 12.1. The molecule has 2 fully saturated rings. The normalized spacial score (nSPS) is 22.0. The first-order valence-electron chi connectivity index (χ1n) is 7.05. The number of ether oxygens (including phenoxy) is 2. The Morgan fingerprint density at radius 1 is 1.20 bits per heavy atom. The van der Waals surface area contributed by atoms with Crippen molar-refractivity contribution >= 4 is 5.91 Å². The van der Waals surface area contributed by atoms with E-state index >= 15 is 0 Å². The lowest BCUT2D eigenvalue weighted by molar-refractivity contribution is -0.179. The summed E-state index contributed by atoms with van der Waals surface area (Å²) in [5.74, 6) is -0.618. The Labute approximate surface area is 117 Å². The lowest BCUT2D eigenvalue weighted by atomic mass is 9.90. The molecule has 2 aliphatic rings. The van der Waals surface area contributed by atoms with Crippen molar-refractivity contribution in [3.8, 4) is 5.75 Å².